The largest absolute Gasteiger partial charge is 0.309 e. The highest BCUT2D eigenvalue weighted by atomic mass is 32.2. The predicted molar refractivity (Wildman–Crippen MR) is 66.2 cm³/mol. The van der Waals surface area contributed by atoms with Crippen molar-refractivity contribution in [2.24, 2.45) is 0 Å². The first-order valence-electron chi connectivity index (χ1n) is 4.84. The van der Waals surface area contributed by atoms with E-state index in [0.717, 1.165) is 0 Å². The fourth-order valence-electron chi connectivity index (χ4n) is 1.70. The van der Waals surface area contributed by atoms with Crippen molar-refractivity contribution in [3.8, 4) is 0 Å². The first kappa shape index (κ1) is 10.3. The van der Waals surface area contributed by atoms with E-state index in [1.165, 1.54) is 22.8 Å². The minimum atomic E-state index is 0.329. The summed E-state index contributed by atoms with van der Waals surface area (Å²) in [4.78, 5) is 3.00. The molecule has 1 aromatic heterocycles. The van der Waals surface area contributed by atoms with E-state index in [1.807, 2.05) is 36.2 Å². The lowest BCUT2D eigenvalue weighted by Gasteiger charge is -2.08. The van der Waals surface area contributed by atoms with Gasteiger partial charge in [0.15, 0.2) is 0 Å². The van der Waals surface area contributed by atoms with Gasteiger partial charge in [-0.15, -0.1) is 17.9 Å². The number of fused-ring (bicyclic) bond motifs is 1. The average molecular weight is 225 g/mol. The molecule has 76 valence electrons. The number of hydrogen-bond donors (Lipinski definition) is 1. The molecule has 1 N–H and O–H groups in total. The van der Waals surface area contributed by atoms with Gasteiger partial charge in [0.1, 0.15) is 0 Å². The molecule has 0 spiro atoms. The lowest BCUT2D eigenvalue weighted by atomic mass is 10.2. The van der Waals surface area contributed by atoms with Gasteiger partial charge in [-0.3, -0.25) is 0 Å². The Kier molecular flexibility index (Phi) is 3.31. The molecule has 0 amide bonds. The minimum Gasteiger partial charge on any atom is -0.309 e. The van der Waals surface area contributed by atoms with Gasteiger partial charge in [-0.25, -0.2) is 0 Å². The van der Waals surface area contributed by atoms with E-state index in [0.29, 0.717) is 6.04 Å². The highest BCUT2D eigenvalue weighted by molar-refractivity contribution is 7.98. The molecule has 0 bridgehead atoms. The molecular weight excluding hydrogens is 210 g/mol. The Morgan fingerprint density at radius 1 is 1.64 bits per heavy atom. The van der Waals surface area contributed by atoms with E-state index >= 15 is 0 Å². The van der Waals surface area contributed by atoms with Crippen molar-refractivity contribution in [2.45, 2.75) is 18.2 Å². The third kappa shape index (κ3) is 1.90. The topological polar surface area (TPSA) is 12.0 Å². The van der Waals surface area contributed by atoms with Crippen LogP contribution in [0.25, 0.3) is 0 Å². The number of thiophene rings is 1. The van der Waals surface area contributed by atoms with E-state index in [9.17, 15) is 0 Å². The molecular formula is C11H15NS2. The maximum Gasteiger partial charge on any atom is 0.0595 e. The summed E-state index contributed by atoms with van der Waals surface area (Å²) in [6, 6.07) is 2.67. The molecule has 1 aromatic rings. The number of rotatable bonds is 3. The first-order chi connectivity index (χ1) is 6.85. The molecule has 1 aliphatic rings. The molecule has 1 atom stereocenters. The van der Waals surface area contributed by atoms with Crippen LogP contribution < -0.4 is 5.32 Å². The van der Waals surface area contributed by atoms with E-state index in [4.69, 9.17) is 0 Å². The summed E-state index contributed by atoms with van der Waals surface area (Å²) in [5, 5.41) is 3.26. The minimum absolute atomic E-state index is 0.329. The van der Waals surface area contributed by atoms with Crippen LogP contribution in [0.2, 0.25) is 0 Å². The van der Waals surface area contributed by atoms with Crippen LogP contribution in [0.4, 0.5) is 0 Å². The van der Waals surface area contributed by atoms with E-state index in [1.54, 1.807) is 10.4 Å². The zero-order valence-electron chi connectivity index (χ0n) is 8.38. The second kappa shape index (κ2) is 4.51. The SMILES string of the molecule is C=CC(NC)c1cc2c(s1)CCSC2. The van der Waals surface area contributed by atoms with Crippen LogP contribution in [0, 0.1) is 0 Å². The van der Waals surface area contributed by atoms with Crippen LogP contribution in [-0.4, -0.2) is 12.8 Å². The Hall–Kier alpha value is -0.250. The molecule has 2 heterocycles. The molecule has 1 nitrogen and oxygen atoms in total. The number of aryl methyl sites for hydroxylation is 1. The molecule has 1 aliphatic heterocycles. The second-order valence-corrected chi connectivity index (χ2v) is 5.68. The summed E-state index contributed by atoms with van der Waals surface area (Å²) >= 11 is 3.98. The number of nitrogens with one attached hydrogen (secondary N) is 1. The maximum atomic E-state index is 3.85. The van der Waals surface area contributed by atoms with Gasteiger partial charge in [0.05, 0.1) is 6.04 Å². The van der Waals surface area contributed by atoms with Crippen molar-refractivity contribution in [2.75, 3.05) is 12.8 Å². The summed E-state index contributed by atoms with van der Waals surface area (Å²) < 4.78 is 0. The lowest BCUT2D eigenvalue weighted by molar-refractivity contribution is 0.728. The van der Waals surface area contributed by atoms with Crippen LogP contribution >= 0.6 is 23.1 Å². The molecule has 0 aliphatic carbocycles. The van der Waals surface area contributed by atoms with Gasteiger partial charge in [0, 0.05) is 15.5 Å². The van der Waals surface area contributed by atoms with E-state index in [-0.39, 0.29) is 0 Å². The average Bonchev–Trinajstić information content (AvgIpc) is 2.63. The van der Waals surface area contributed by atoms with Gasteiger partial charge in [-0.05, 0) is 30.9 Å². The Balaban J connectivity index is 2.27. The highest BCUT2D eigenvalue weighted by Gasteiger charge is 2.16. The summed E-state index contributed by atoms with van der Waals surface area (Å²) in [6.45, 7) is 3.85. The van der Waals surface area contributed by atoms with Gasteiger partial charge in [0.25, 0.3) is 0 Å². The van der Waals surface area contributed by atoms with Crippen molar-refractivity contribution in [1.82, 2.24) is 5.32 Å². The van der Waals surface area contributed by atoms with E-state index < -0.39 is 0 Å². The predicted octanol–water partition coefficient (Wildman–Crippen LogP) is 2.98. The quantitative estimate of drug-likeness (QED) is 0.794. The van der Waals surface area contributed by atoms with Crippen molar-refractivity contribution in [1.29, 1.82) is 0 Å². The second-order valence-electron chi connectivity index (χ2n) is 3.40. The standard InChI is InChI=1S/C11H15NS2/c1-3-9(12-2)11-6-8-7-13-5-4-10(8)14-11/h3,6,9,12H,1,4-5,7H2,2H3. The molecule has 0 saturated heterocycles. The Morgan fingerprint density at radius 3 is 3.14 bits per heavy atom. The van der Waals surface area contributed by atoms with Crippen molar-refractivity contribution >= 4 is 23.1 Å². The zero-order chi connectivity index (χ0) is 9.97. The fraction of sp³-hybridized carbons (Fsp3) is 0.455. The van der Waals surface area contributed by atoms with Crippen LogP contribution in [0.1, 0.15) is 21.4 Å². The number of hydrogen-bond acceptors (Lipinski definition) is 3. The van der Waals surface area contributed by atoms with Gasteiger partial charge in [-0.1, -0.05) is 6.08 Å². The Morgan fingerprint density at radius 2 is 2.50 bits per heavy atom. The zero-order valence-corrected chi connectivity index (χ0v) is 10.0. The van der Waals surface area contributed by atoms with Crippen LogP contribution in [0.3, 0.4) is 0 Å². The first-order valence-corrected chi connectivity index (χ1v) is 6.81. The number of likely N-dealkylation sites (N-methyl/N-ethyl adjacent to an activating group) is 1. The maximum absolute atomic E-state index is 3.85. The third-order valence-electron chi connectivity index (χ3n) is 2.50. The third-order valence-corrected chi connectivity index (χ3v) is 4.83. The van der Waals surface area contributed by atoms with Crippen molar-refractivity contribution in [3.05, 3.63) is 34.0 Å². The molecule has 3 heteroatoms. The molecule has 0 fully saturated rings. The van der Waals surface area contributed by atoms with Gasteiger partial charge in [0.2, 0.25) is 0 Å². The lowest BCUT2D eigenvalue weighted by Crippen LogP contribution is -2.11. The summed E-state index contributed by atoms with van der Waals surface area (Å²) in [6.07, 6.45) is 3.22. The summed E-state index contributed by atoms with van der Waals surface area (Å²) in [5.74, 6) is 2.48. The molecule has 1 unspecified atom stereocenters. The van der Waals surface area contributed by atoms with Crippen molar-refractivity contribution < 1.29 is 0 Å². The molecule has 0 saturated carbocycles. The normalized spacial score (nSPS) is 17.5. The molecule has 14 heavy (non-hydrogen) atoms. The smallest absolute Gasteiger partial charge is 0.0595 e. The fourth-order valence-corrected chi connectivity index (χ4v) is 4.18. The van der Waals surface area contributed by atoms with Gasteiger partial charge in [-0.2, -0.15) is 11.8 Å². The van der Waals surface area contributed by atoms with Gasteiger partial charge < -0.3 is 5.32 Å². The van der Waals surface area contributed by atoms with Crippen LogP contribution in [0.5, 0.6) is 0 Å². The molecule has 2 rings (SSSR count). The van der Waals surface area contributed by atoms with Crippen molar-refractivity contribution in [3.63, 3.8) is 0 Å². The monoisotopic (exact) mass is 225 g/mol. The summed E-state index contributed by atoms with van der Waals surface area (Å²) in [5.41, 5.74) is 1.54. The van der Waals surface area contributed by atoms with E-state index in [2.05, 4.69) is 18.0 Å². The van der Waals surface area contributed by atoms with Crippen LogP contribution in [0.15, 0.2) is 18.7 Å². The highest BCUT2D eigenvalue weighted by Crippen LogP contribution is 2.34. The number of thioether (sulfide) groups is 1. The van der Waals surface area contributed by atoms with Crippen LogP contribution in [-0.2, 0) is 12.2 Å². The Labute approximate surface area is 93.6 Å². The molecule has 0 aromatic carbocycles. The summed E-state index contributed by atoms with van der Waals surface area (Å²) in [7, 11) is 1.99. The van der Waals surface area contributed by atoms with Gasteiger partial charge >= 0.3 is 0 Å². The molecule has 0 radical (unpaired) electrons. The Bertz CT molecular complexity index is 307.